The number of carbonyl (C=O) groups is 1. The van der Waals surface area contributed by atoms with Gasteiger partial charge >= 0.3 is 5.97 Å². The van der Waals surface area contributed by atoms with Crippen LogP contribution in [0.3, 0.4) is 0 Å². The Hall–Kier alpha value is -1.45. The lowest BCUT2D eigenvalue weighted by Crippen LogP contribution is -2.43. The standard InChI is InChI=1S/C14H21NO6S2/c1-4-22(18,19)11-6-5-7-12(10-11)23(20,21)15-14(2,3)9-8-13(16)17/h5-7,10,15H,4,8-9H2,1-3H3,(H,16,17). The molecule has 23 heavy (non-hydrogen) atoms. The van der Waals surface area contributed by atoms with Crippen molar-refractivity contribution in [2.75, 3.05) is 5.75 Å². The van der Waals surface area contributed by atoms with E-state index in [1.54, 1.807) is 13.8 Å². The maximum Gasteiger partial charge on any atom is 0.303 e. The average Bonchev–Trinajstić information content (AvgIpc) is 2.44. The summed E-state index contributed by atoms with van der Waals surface area (Å²) in [6, 6.07) is 5.10. The summed E-state index contributed by atoms with van der Waals surface area (Å²) in [6.45, 7) is 4.62. The number of nitrogens with one attached hydrogen (secondary N) is 1. The third kappa shape index (κ3) is 5.60. The molecule has 0 aliphatic heterocycles. The van der Waals surface area contributed by atoms with E-state index in [2.05, 4.69) is 4.72 Å². The van der Waals surface area contributed by atoms with E-state index in [0.29, 0.717) is 0 Å². The molecule has 0 radical (unpaired) electrons. The van der Waals surface area contributed by atoms with E-state index >= 15 is 0 Å². The fraction of sp³-hybridized carbons (Fsp3) is 0.500. The van der Waals surface area contributed by atoms with Crippen molar-refractivity contribution in [1.29, 1.82) is 0 Å². The molecule has 2 N–H and O–H groups in total. The molecule has 0 saturated heterocycles. The highest BCUT2D eigenvalue weighted by Gasteiger charge is 2.27. The smallest absolute Gasteiger partial charge is 0.303 e. The van der Waals surface area contributed by atoms with E-state index in [-0.39, 0.29) is 28.4 Å². The number of sulfone groups is 1. The molecule has 0 unspecified atom stereocenters. The highest BCUT2D eigenvalue weighted by atomic mass is 32.2. The number of hydrogen-bond acceptors (Lipinski definition) is 5. The van der Waals surface area contributed by atoms with Gasteiger partial charge in [-0.15, -0.1) is 0 Å². The molecule has 0 heterocycles. The predicted octanol–water partition coefficient (Wildman–Crippen LogP) is 1.40. The van der Waals surface area contributed by atoms with Gasteiger partial charge in [0.25, 0.3) is 0 Å². The van der Waals surface area contributed by atoms with Crippen molar-refractivity contribution in [3.8, 4) is 0 Å². The quantitative estimate of drug-likeness (QED) is 0.721. The number of rotatable bonds is 8. The molecule has 7 nitrogen and oxygen atoms in total. The molecule has 1 aromatic rings. The van der Waals surface area contributed by atoms with Crippen LogP contribution >= 0.6 is 0 Å². The summed E-state index contributed by atoms with van der Waals surface area (Å²) in [4.78, 5) is 10.4. The molecule has 0 amide bonds. The molecule has 1 rings (SSSR count). The van der Waals surface area contributed by atoms with Crippen molar-refractivity contribution in [3.05, 3.63) is 24.3 Å². The Bertz CT molecular complexity index is 781. The van der Waals surface area contributed by atoms with E-state index in [1.807, 2.05) is 0 Å². The van der Waals surface area contributed by atoms with Crippen LogP contribution in [0.4, 0.5) is 0 Å². The Morgan fingerprint density at radius 1 is 1.17 bits per heavy atom. The van der Waals surface area contributed by atoms with Crippen LogP contribution in [0.25, 0.3) is 0 Å². The van der Waals surface area contributed by atoms with Crippen molar-refractivity contribution in [2.24, 2.45) is 0 Å². The van der Waals surface area contributed by atoms with Gasteiger partial charge in [0.1, 0.15) is 0 Å². The fourth-order valence-corrected chi connectivity index (χ4v) is 4.38. The van der Waals surface area contributed by atoms with Crippen molar-refractivity contribution in [2.45, 2.75) is 48.9 Å². The van der Waals surface area contributed by atoms with E-state index in [4.69, 9.17) is 5.11 Å². The maximum atomic E-state index is 12.4. The van der Waals surface area contributed by atoms with Crippen LogP contribution in [-0.2, 0) is 24.7 Å². The predicted molar refractivity (Wildman–Crippen MR) is 85.4 cm³/mol. The number of carboxylic acid groups (broad SMARTS) is 1. The molecule has 0 aliphatic carbocycles. The van der Waals surface area contributed by atoms with Crippen LogP contribution in [0.1, 0.15) is 33.6 Å². The normalized spacial score (nSPS) is 13.0. The zero-order valence-electron chi connectivity index (χ0n) is 13.2. The molecule has 0 fully saturated rings. The summed E-state index contributed by atoms with van der Waals surface area (Å²) in [5.41, 5.74) is -0.975. The summed E-state index contributed by atoms with van der Waals surface area (Å²) in [6.07, 6.45) is -0.0751. The fourth-order valence-electron chi connectivity index (χ4n) is 1.89. The van der Waals surface area contributed by atoms with Crippen molar-refractivity contribution in [1.82, 2.24) is 4.72 Å². The Morgan fingerprint density at radius 2 is 1.74 bits per heavy atom. The van der Waals surface area contributed by atoms with Gasteiger partial charge in [-0.25, -0.2) is 21.6 Å². The molecule has 0 saturated carbocycles. The zero-order chi connectivity index (χ0) is 17.9. The summed E-state index contributed by atoms with van der Waals surface area (Å²) < 4.78 is 51.0. The first-order valence-corrected chi connectivity index (χ1v) is 10.1. The van der Waals surface area contributed by atoms with Gasteiger partial charge in [0, 0.05) is 12.0 Å². The first-order valence-electron chi connectivity index (χ1n) is 6.98. The molecule has 9 heteroatoms. The minimum Gasteiger partial charge on any atom is -0.481 e. The lowest BCUT2D eigenvalue weighted by atomic mass is 10.0. The van der Waals surface area contributed by atoms with Crippen LogP contribution in [0.15, 0.2) is 34.1 Å². The Morgan fingerprint density at radius 3 is 2.26 bits per heavy atom. The molecule has 0 spiro atoms. The first-order chi connectivity index (χ1) is 10.4. The Balaban J connectivity index is 3.10. The van der Waals surface area contributed by atoms with Crippen LogP contribution < -0.4 is 4.72 Å². The van der Waals surface area contributed by atoms with E-state index < -0.39 is 31.4 Å². The van der Waals surface area contributed by atoms with Gasteiger partial charge in [0.15, 0.2) is 9.84 Å². The Kier molecular flexibility index (Phi) is 5.95. The molecule has 0 aliphatic rings. The van der Waals surface area contributed by atoms with Crippen LogP contribution in [0, 0.1) is 0 Å². The number of benzene rings is 1. The minimum atomic E-state index is -3.96. The number of carboxylic acids is 1. The summed E-state index contributed by atoms with van der Waals surface area (Å²) in [5.74, 6) is -1.15. The maximum absolute atomic E-state index is 12.4. The van der Waals surface area contributed by atoms with E-state index in [0.717, 1.165) is 6.07 Å². The topological polar surface area (TPSA) is 118 Å². The van der Waals surface area contributed by atoms with Gasteiger partial charge in [-0.2, -0.15) is 0 Å². The molecule has 130 valence electrons. The van der Waals surface area contributed by atoms with Crippen molar-refractivity contribution in [3.63, 3.8) is 0 Å². The number of aliphatic carboxylic acids is 1. The van der Waals surface area contributed by atoms with Crippen LogP contribution in [-0.4, -0.2) is 39.2 Å². The highest BCUT2D eigenvalue weighted by Crippen LogP contribution is 2.20. The molecular weight excluding hydrogens is 342 g/mol. The molecular formula is C14H21NO6S2. The van der Waals surface area contributed by atoms with Crippen LogP contribution in [0.2, 0.25) is 0 Å². The summed E-state index contributed by atoms with van der Waals surface area (Å²) in [5, 5.41) is 8.70. The second-order valence-electron chi connectivity index (χ2n) is 5.76. The molecule has 0 aromatic heterocycles. The van der Waals surface area contributed by atoms with Gasteiger partial charge < -0.3 is 5.11 Å². The van der Waals surface area contributed by atoms with Gasteiger partial charge in [-0.1, -0.05) is 13.0 Å². The van der Waals surface area contributed by atoms with Gasteiger partial charge in [-0.3, -0.25) is 4.79 Å². The third-order valence-corrected chi connectivity index (χ3v) is 6.66. The first kappa shape index (κ1) is 19.6. The van der Waals surface area contributed by atoms with Crippen LogP contribution in [0.5, 0.6) is 0 Å². The lowest BCUT2D eigenvalue weighted by Gasteiger charge is -2.25. The number of sulfonamides is 1. The third-order valence-electron chi connectivity index (χ3n) is 3.23. The van der Waals surface area contributed by atoms with Crippen molar-refractivity contribution < 1.29 is 26.7 Å². The minimum absolute atomic E-state index is 0.0637. The SMILES string of the molecule is CCS(=O)(=O)c1cccc(S(=O)(=O)NC(C)(C)CCC(=O)O)c1. The average molecular weight is 363 g/mol. The molecule has 0 bridgehead atoms. The second-order valence-corrected chi connectivity index (χ2v) is 9.72. The molecule has 1 aromatic carbocycles. The van der Waals surface area contributed by atoms with Gasteiger partial charge in [0.05, 0.1) is 15.5 Å². The molecule has 0 atom stereocenters. The number of hydrogen-bond donors (Lipinski definition) is 2. The summed E-state index contributed by atoms with van der Waals surface area (Å²) >= 11 is 0. The lowest BCUT2D eigenvalue weighted by molar-refractivity contribution is -0.137. The summed E-state index contributed by atoms with van der Waals surface area (Å²) in [7, 11) is -7.48. The zero-order valence-corrected chi connectivity index (χ0v) is 14.9. The van der Waals surface area contributed by atoms with Crippen molar-refractivity contribution >= 4 is 25.8 Å². The largest absolute Gasteiger partial charge is 0.481 e. The second kappa shape index (κ2) is 6.98. The monoisotopic (exact) mass is 363 g/mol. The highest BCUT2D eigenvalue weighted by molar-refractivity contribution is 7.91. The van der Waals surface area contributed by atoms with E-state index in [1.165, 1.54) is 25.1 Å². The van der Waals surface area contributed by atoms with E-state index in [9.17, 15) is 21.6 Å². The Labute approximate surface area is 136 Å². The van der Waals surface area contributed by atoms with Gasteiger partial charge in [-0.05, 0) is 38.5 Å². The van der Waals surface area contributed by atoms with Gasteiger partial charge in [0.2, 0.25) is 10.0 Å².